The molecule has 0 aliphatic heterocycles. The van der Waals surface area contributed by atoms with Crippen LogP contribution in [0.25, 0.3) is 11.0 Å². The SMILES string of the molecule is Cc1cc(F)cc2c1[nH]c(=O)n2C1CCC(C)CC1. The standard InChI is InChI=1S/C15H19FN2O/c1-9-3-5-12(6-4-9)18-13-8-11(16)7-10(2)14(13)17-15(18)19/h7-9,12H,3-6H2,1-2H3,(H,17,19). The Morgan fingerprint density at radius 2 is 1.95 bits per heavy atom. The predicted molar refractivity (Wildman–Crippen MR) is 73.9 cm³/mol. The average molecular weight is 262 g/mol. The van der Waals surface area contributed by atoms with Crippen LogP contribution >= 0.6 is 0 Å². The molecule has 1 aliphatic rings. The van der Waals surface area contributed by atoms with E-state index in [9.17, 15) is 9.18 Å². The number of aromatic nitrogens is 2. The summed E-state index contributed by atoms with van der Waals surface area (Å²) in [6, 6.07) is 3.14. The van der Waals surface area contributed by atoms with Crippen LogP contribution in [0.3, 0.4) is 0 Å². The van der Waals surface area contributed by atoms with Crippen LogP contribution in [0.1, 0.15) is 44.2 Å². The summed E-state index contributed by atoms with van der Waals surface area (Å²) in [5.74, 6) is 0.456. The van der Waals surface area contributed by atoms with E-state index in [0.29, 0.717) is 5.52 Å². The third-order valence-electron chi connectivity index (χ3n) is 4.34. The first-order valence-corrected chi connectivity index (χ1v) is 6.96. The lowest BCUT2D eigenvalue weighted by atomic mass is 9.87. The maximum absolute atomic E-state index is 13.6. The summed E-state index contributed by atoms with van der Waals surface area (Å²) >= 11 is 0. The Bertz CT molecular complexity index is 663. The zero-order chi connectivity index (χ0) is 13.6. The smallest absolute Gasteiger partial charge is 0.305 e. The lowest BCUT2D eigenvalue weighted by molar-refractivity contribution is 0.290. The highest BCUT2D eigenvalue weighted by molar-refractivity contribution is 5.79. The van der Waals surface area contributed by atoms with Gasteiger partial charge in [-0.25, -0.2) is 9.18 Å². The fourth-order valence-electron chi connectivity index (χ4n) is 3.22. The molecule has 0 spiro atoms. The number of benzene rings is 1. The summed E-state index contributed by atoms with van der Waals surface area (Å²) in [5.41, 5.74) is 2.16. The van der Waals surface area contributed by atoms with E-state index in [2.05, 4.69) is 11.9 Å². The summed E-state index contributed by atoms with van der Waals surface area (Å²) < 4.78 is 15.3. The topological polar surface area (TPSA) is 37.8 Å². The number of rotatable bonds is 1. The summed E-state index contributed by atoms with van der Waals surface area (Å²) in [4.78, 5) is 15.0. The molecule has 0 bridgehead atoms. The molecule has 102 valence electrons. The molecule has 1 aliphatic carbocycles. The number of aromatic amines is 1. The van der Waals surface area contributed by atoms with Gasteiger partial charge in [0.15, 0.2) is 0 Å². The van der Waals surface area contributed by atoms with E-state index in [0.717, 1.165) is 42.7 Å². The molecular weight excluding hydrogens is 243 g/mol. The highest BCUT2D eigenvalue weighted by Crippen LogP contribution is 2.33. The monoisotopic (exact) mass is 262 g/mol. The Morgan fingerprint density at radius 3 is 2.63 bits per heavy atom. The molecule has 1 saturated carbocycles. The van der Waals surface area contributed by atoms with Gasteiger partial charge in [-0.2, -0.15) is 0 Å². The maximum Gasteiger partial charge on any atom is 0.326 e. The normalized spacial score (nSPS) is 23.9. The van der Waals surface area contributed by atoms with Crippen molar-refractivity contribution in [2.24, 2.45) is 5.92 Å². The average Bonchev–Trinajstić information content (AvgIpc) is 2.67. The van der Waals surface area contributed by atoms with Crippen LogP contribution in [0.15, 0.2) is 16.9 Å². The maximum atomic E-state index is 13.6. The number of hydrogen-bond donors (Lipinski definition) is 1. The molecule has 0 atom stereocenters. The van der Waals surface area contributed by atoms with Crippen molar-refractivity contribution in [3.63, 3.8) is 0 Å². The Labute approximate surface area is 111 Å². The van der Waals surface area contributed by atoms with Gasteiger partial charge in [0.1, 0.15) is 5.82 Å². The number of aryl methyl sites for hydroxylation is 1. The molecule has 2 aromatic rings. The number of halogens is 1. The first kappa shape index (κ1) is 12.5. The van der Waals surface area contributed by atoms with E-state index in [-0.39, 0.29) is 17.5 Å². The minimum atomic E-state index is -0.276. The summed E-state index contributed by atoms with van der Waals surface area (Å²) in [6.45, 7) is 4.08. The summed E-state index contributed by atoms with van der Waals surface area (Å²) in [5, 5.41) is 0. The highest BCUT2D eigenvalue weighted by atomic mass is 19.1. The van der Waals surface area contributed by atoms with Crippen molar-refractivity contribution in [2.45, 2.75) is 45.6 Å². The lowest BCUT2D eigenvalue weighted by Crippen LogP contribution is -2.25. The minimum absolute atomic E-state index is 0.108. The van der Waals surface area contributed by atoms with Gasteiger partial charge in [0.2, 0.25) is 0 Å². The van der Waals surface area contributed by atoms with Crippen molar-refractivity contribution in [3.8, 4) is 0 Å². The van der Waals surface area contributed by atoms with Crippen LogP contribution in [0.4, 0.5) is 4.39 Å². The molecular formula is C15H19FN2O. The second-order valence-electron chi connectivity index (χ2n) is 5.83. The van der Waals surface area contributed by atoms with Crippen LogP contribution in [0.2, 0.25) is 0 Å². The van der Waals surface area contributed by atoms with Gasteiger partial charge < -0.3 is 4.98 Å². The molecule has 0 saturated heterocycles. The second-order valence-corrected chi connectivity index (χ2v) is 5.83. The zero-order valence-electron chi connectivity index (χ0n) is 11.4. The Hall–Kier alpha value is -1.58. The highest BCUT2D eigenvalue weighted by Gasteiger charge is 2.23. The van der Waals surface area contributed by atoms with E-state index < -0.39 is 0 Å². The van der Waals surface area contributed by atoms with E-state index >= 15 is 0 Å². The van der Waals surface area contributed by atoms with Crippen LogP contribution in [0, 0.1) is 18.7 Å². The molecule has 0 radical (unpaired) electrons. The van der Waals surface area contributed by atoms with Gasteiger partial charge in [0.25, 0.3) is 0 Å². The number of fused-ring (bicyclic) bond motifs is 1. The molecule has 1 aromatic heterocycles. The van der Waals surface area contributed by atoms with Crippen molar-refractivity contribution >= 4 is 11.0 Å². The van der Waals surface area contributed by atoms with Crippen molar-refractivity contribution in [1.82, 2.24) is 9.55 Å². The molecule has 3 nitrogen and oxygen atoms in total. The number of H-pyrrole nitrogens is 1. The third-order valence-corrected chi connectivity index (χ3v) is 4.34. The number of hydrogen-bond acceptors (Lipinski definition) is 1. The Kier molecular flexibility index (Phi) is 2.96. The first-order chi connectivity index (χ1) is 9.06. The quantitative estimate of drug-likeness (QED) is 0.838. The van der Waals surface area contributed by atoms with Crippen LogP contribution in [-0.2, 0) is 0 Å². The third kappa shape index (κ3) is 2.09. The van der Waals surface area contributed by atoms with Gasteiger partial charge in [-0.1, -0.05) is 6.92 Å². The molecule has 1 N–H and O–H groups in total. The largest absolute Gasteiger partial charge is 0.326 e. The molecule has 4 heteroatoms. The number of nitrogens with one attached hydrogen (secondary N) is 1. The Morgan fingerprint density at radius 1 is 1.26 bits per heavy atom. The lowest BCUT2D eigenvalue weighted by Gasteiger charge is -2.27. The molecule has 0 amide bonds. The fraction of sp³-hybridized carbons (Fsp3) is 0.533. The van der Waals surface area contributed by atoms with Crippen LogP contribution in [0.5, 0.6) is 0 Å². The van der Waals surface area contributed by atoms with E-state index in [1.807, 2.05) is 6.92 Å². The van der Waals surface area contributed by atoms with Crippen LogP contribution < -0.4 is 5.69 Å². The minimum Gasteiger partial charge on any atom is -0.305 e. The fourth-order valence-corrected chi connectivity index (χ4v) is 3.22. The molecule has 1 aromatic carbocycles. The summed E-state index contributed by atoms with van der Waals surface area (Å²) in [6.07, 6.45) is 4.28. The first-order valence-electron chi connectivity index (χ1n) is 6.96. The van der Waals surface area contributed by atoms with Gasteiger partial charge in [0.05, 0.1) is 11.0 Å². The number of imidazole rings is 1. The van der Waals surface area contributed by atoms with Gasteiger partial charge in [-0.15, -0.1) is 0 Å². The van der Waals surface area contributed by atoms with Crippen molar-refractivity contribution in [2.75, 3.05) is 0 Å². The summed E-state index contributed by atoms with van der Waals surface area (Å²) in [7, 11) is 0. The molecule has 1 fully saturated rings. The zero-order valence-corrected chi connectivity index (χ0v) is 11.4. The Balaban J connectivity index is 2.13. The van der Waals surface area contributed by atoms with Crippen molar-refractivity contribution in [1.29, 1.82) is 0 Å². The van der Waals surface area contributed by atoms with Crippen molar-refractivity contribution in [3.05, 3.63) is 34.0 Å². The molecule has 3 rings (SSSR count). The van der Waals surface area contributed by atoms with Crippen LogP contribution in [-0.4, -0.2) is 9.55 Å². The van der Waals surface area contributed by atoms with Gasteiger partial charge in [-0.3, -0.25) is 4.57 Å². The van der Waals surface area contributed by atoms with E-state index in [4.69, 9.17) is 0 Å². The second kappa shape index (κ2) is 4.51. The molecule has 1 heterocycles. The number of nitrogens with zero attached hydrogens (tertiary/aromatic N) is 1. The van der Waals surface area contributed by atoms with Gasteiger partial charge in [0, 0.05) is 6.04 Å². The van der Waals surface area contributed by atoms with Gasteiger partial charge >= 0.3 is 5.69 Å². The van der Waals surface area contributed by atoms with E-state index in [1.54, 1.807) is 4.57 Å². The predicted octanol–water partition coefficient (Wildman–Crippen LogP) is 3.53. The van der Waals surface area contributed by atoms with E-state index in [1.165, 1.54) is 12.1 Å². The van der Waals surface area contributed by atoms with Gasteiger partial charge in [-0.05, 0) is 56.2 Å². The van der Waals surface area contributed by atoms with Crippen molar-refractivity contribution < 1.29 is 4.39 Å². The molecule has 19 heavy (non-hydrogen) atoms. The molecule has 0 unspecified atom stereocenters.